The molecule has 1 aliphatic rings. The summed E-state index contributed by atoms with van der Waals surface area (Å²) in [7, 11) is -1.48. The van der Waals surface area contributed by atoms with Gasteiger partial charge in [-0.1, -0.05) is 36.1 Å². The minimum absolute atomic E-state index is 0.144. The number of carbonyl (C=O) groups is 1. The van der Waals surface area contributed by atoms with Crippen LogP contribution in [0.5, 0.6) is 0 Å². The fourth-order valence-electron chi connectivity index (χ4n) is 1.50. The van der Waals surface area contributed by atoms with Gasteiger partial charge in [0.1, 0.15) is 4.32 Å². The number of hydrogen-bond acceptors (Lipinski definition) is 6. The predicted octanol–water partition coefficient (Wildman–Crippen LogP) is 0.815. The maximum Gasteiger partial charge on any atom is 0.499 e. The number of thiophene rings is 1. The third-order valence-corrected chi connectivity index (χ3v) is 4.81. The number of amides is 1. The molecule has 0 unspecified atom stereocenters. The average Bonchev–Trinajstić information content (AvgIpc) is 2.91. The number of carbonyl (C=O) groups excluding carboxylic acids is 1. The van der Waals surface area contributed by atoms with E-state index in [2.05, 4.69) is 6.58 Å². The fourth-order valence-corrected chi connectivity index (χ4v) is 3.67. The molecule has 2 N–H and O–H groups in total. The minimum Gasteiger partial charge on any atom is -0.423 e. The topological polar surface area (TPSA) is 60.8 Å². The van der Waals surface area contributed by atoms with Gasteiger partial charge in [0, 0.05) is 16.2 Å². The van der Waals surface area contributed by atoms with Crippen molar-refractivity contribution in [2.75, 3.05) is 6.54 Å². The van der Waals surface area contributed by atoms with Crippen LogP contribution in [-0.2, 0) is 4.79 Å². The van der Waals surface area contributed by atoms with Gasteiger partial charge in [0.2, 0.25) is 0 Å². The van der Waals surface area contributed by atoms with Crippen LogP contribution in [0, 0.1) is 0 Å². The maximum atomic E-state index is 12.1. The predicted molar refractivity (Wildman–Crippen MR) is 84.2 cm³/mol. The van der Waals surface area contributed by atoms with Crippen molar-refractivity contribution in [1.82, 2.24) is 4.90 Å². The molecule has 0 saturated carbocycles. The molecule has 0 aliphatic carbocycles. The second-order valence-corrected chi connectivity index (χ2v) is 6.52. The Bertz CT molecular complexity index is 567. The van der Waals surface area contributed by atoms with E-state index in [0.717, 1.165) is 4.88 Å². The molecule has 1 amide bonds. The highest BCUT2D eigenvalue weighted by atomic mass is 32.2. The summed E-state index contributed by atoms with van der Waals surface area (Å²) < 4.78 is 0.947. The second kappa shape index (κ2) is 6.02. The molecule has 1 saturated heterocycles. The molecule has 0 spiro atoms. The quantitative estimate of drug-likeness (QED) is 0.373. The lowest BCUT2D eigenvalue weighted by Gasteiger charge is -2.10. The summed E-state index contributed by atoms with van der Waals surface area (Å²) in [4.78, 5) is 14.9. The first-order chi connectivity index (χ1) is 9.02. The number of hydrogen-bond donors (Lipinski definition) is 2. The summed E-state index contributed by atoms with van der Waals surface area (Å²) in [5, 5.41) is 18.1. The molecule has 0 aromatic carbocycles. The van der Waals surface area contributed by atoms with Gasteiger partial charge in [0.15, 0.2) is 0 Å². The Balaban J connectivity index is 2.22. The molecule has 0 radical (unpaired) electrons. The molecule has 1 aromatic heterocycles. The van der Waals surface area contributed by atoms with Gasteiger partial charge in [-0.2, -0.15) is 0 Å². The SMILES string of the molecule is C=CCN1C(=O)/C(=C\c2ccc(B(O)O)s2)SC1=S. The van der Waals surface area contributed by atoms with Gasteiger partial charge in [-0.05, 0) is 12.1 Å². The molecule has 0 atom stereocenters. The van der Waals surface area contributed by atoms with Crippen molar-refractivity contribution in [2.24, 2.45) is 0 Å². The van der Waals surface area contributed by atoms with Crippen molar-refractivity contribution < 1.29 is 14.8 Å². The first-order valence-corrected chi connectivity index (χ1v) is 7.39. The zero-order valence-corrected chi connectivity index (χ0v) is 12.2. The highest BCUT2D eigenvalue weighted by Gasteiger charge is 2.31. The summed E-state index contributed by atoms with van der Waals surface area (Å²) in [5.74, 6) is -0.144. The normalized spacial score (nSPS) is 17.4. The molecule has 19 heavy (non-hydrogen) atoms. The van der Waals surface area contributed by atoms with Crippen LogP contribution in [0.4, 0.5) is 0 Å². The molecule has 4 nitrogen and oxygen atoms in total. The average molecular weight is 311 g/mol. The largest absolute Gasteiger partial charge is 0.499 e. The number of rotatable bonds is 4. The molecule has 1 aromatic rings. The van der Waals surface area contributed by atoms with Crippen LogP contribution in [-0.4, -0.2) is 38.8 Å². The first-order valence-electron chi connectivity index (χ1n) is 5.35. The van der Waals surface area contributed by atoms with E-state index in [-0.39, 0.29) is 5.91 Å². The highest BCUT2D eigenvalue weighted by Crippen LogP contribution is 2.32. The van der Waals surface area contributed by atoms with Crippen LogP contribution in [0.2, 0.25) is 0 Å². The van der Waals surface area contributed by atoms with E-state index in [1.165, 1.54) is 28.0 Å². The van der Waals surface area contributed by atoms with Crippen molar-refractivity contribution in [3.05, 3.63) is 34.6 Å². The smallest absolute Gasteiger partial charge is 0.423 e. The molecular weight excluding hydrogens is 301 g/mol. The van der Waals surface area contributed by atoms with Gasteiger partial charge >= 0.3 is 7.12 Å². The molecule has 2 heterocycles. The van der Waals surface area contributed by atoms with E-state index in [1.807, 2.05) is 0 Å². The van der Waals surface area contributed by atoms with E-state index in [0.29, 0.717) is 20.5 Å². The van der Waals surface area contributed by atoms with Crippen LogP contribution in [0.15, 0.2) is 29.7 Å². The Morgan fingerprint density at radius 3 is 2.79 bits per heavy atom. The van der Waals surface area contributed by atoms with E-state index in [4.69, 9.17) is 22.3 Å². The van der Waals surface area contributed by atoms with Crippen molar-refractivity contribution in [1.29, 1.82) is 0 Å². The Kier molecular flexibility index (Phi) is 4.59. The van der Waals surface area contributed by atoms with E-state index < -0.39 is 7.12 Å². The molecule has 1 aliphatic heterocycles. The third-order valence-electron chi connectivity index (χ3n) is 2.36. The van der Waals surface area contributed by atoms with E-state index >= 15 is 0 Å². The van der Waals surface area contributed by atoms with Gasteiger partial charge in [0.05, 0.1) is 4.91 Å². The lowest BCUT2D eigenvalue weighted by atomic mass is 9.90. The zero-order chi connectivity index (χ0) is 14.0. The van der Waals surface area contributed by atoms with Crippen LogP contribution >= 0.6 is 35.3 Å². The van der Waals surface area contributed by atoms with Crippen molar-refractivity contribution >= 4 is 63.5 Å². The van der Waals surface area contributed by atoms with Gasteiger partial charge in [-0.25, -0.2) is 0 Å². The molecule has 1 fully saturated rings. The van der Waals surface area contributed by atoms with Crippen molar-refractivity contribution in [3.8, 4) is 0 Å². The molecule has 98 valence electrons. The van der Waals surface area contributed by atoms with E-state index in [1.54, 1.807) is 24.3 Å². The minimum atomic E-state index is -1.48. The zero-order valence-electron chi connectivity index (χ0n) is 9.78. The monoisotopic (exact) mass is 311 g/mol. The number of thioether (sulfide) groups is 1. The van der Waals surface area contributed by atoms with Crippen LogP contribution < -0.4 is 4.78 Å². The summed E-state index contributed by atoms with van der Waals surface area (Å²) in [6, 6.07) is 3.35. The van der Waals surface area contributed by atoms with Crippen LogP contribution in [0.25, 0.3) is 6.08 Å². The summed E-state index contributed by atoms with van der Waals surface area (Å²) in [6.07, 6.45) is 3.33. The maximum absolute atomic E-state index is 12.1. The summed E-state index contributed by atoms with van der Waals surface area (Å²) in [5.41, 5.74) is 0. The van der Waals surface area contributed by atoms with Crippen molar-refractivity contribution in [3.63, 3.8) is 0 Å². The van der Waals surface area contributed by atoms with Gasteiger partial charge in [-0.15, -0.1) is 17.9 Å². The van der Waals surface area contributed by atoms with Gasteiger partial charge in [-0.3, -0.25) is 9.69 Å². The third kappa shape index (κ3) is 3.15. The summed E-state index contributed by atoms with van der Waals surface area (Å²) >= 11 is 7.58. The Labute approximate surface area is 124 Å². The molecular formula is C11H10BNO3S3. The standard InChI is InChI=1S/C11H10BNO3S3/c1-2-5-13-10(14)8(19-11(13)17)6-7-3-4-9(18-7)12(15)16/h2-4,6,15-16H,1,5H2/b8-6+. The lowest BCUT2D eigenvalue weighted by Crippen LogP contribution is -2.27. The Hall–Kier alpha value is -0.925. The van der Waals surface area contributed by atoms with Gasteiger partial charge < -0.3 is 10.0 Å². The lowest BCUT2D eigenvalue weighted by molar-refractivity contribution is -0.121. The highest BCUT2D eigenvalue weighted by molar-refractivity contribution is 8.26. The van der Waals surface area contributed by atoms with Crippen molar-refractivity contribution in [2.45, 2.75) is 0 Å². The van der Waals surface area contributed by atoms with Gasteiger partial charge in [0.25, 0.3) is 5.91 Å². The fraction of sp³-hybridized carbons (Fsp3) is 0.0909. The molecule has 8 heteroatoms. The number of nitrogens with zero attached hydrogens (tertiary/aromatic N) is 1. The second-order valence-electron chi connectivity index (χ2n) is 3.69. The Morgan fingerprint density at radius 2 is 2.21 bits per heavy atom. The first kappa shape index (κ1) is 14.5. The Morgan fingerprint density at radius 1 is 1.47 bits per heavy atom. The van der Waals surface area contributed by atoms with E-state index in [9.17, 15) is 4.79 Å². The molecule has 0 bridgehead atoms. The molecule has 2 rings (SSSR count). The van der Waals surface area contributed by atoms with Crippen LogP contribution in [0.1, 0.15) is 4.88 Å². The van der Waals surface area contributed by atoms with Crippen LogP contribution in [0.3, 0.4) is 0 Å². The number of thiocarbonyl (C=S) groups is 1. The summed E-state index contributed by atoms with van der Waals surface area (Å²) in [6.45, 7) is 3.98.